The molecule has 0 unspecified atom stereocenters. The molecule has 1 aromatic carbocycles. The number of carbonyl (C=O) groups is 1. The number of nitrogens with two attached hydrogens (primary N) is 1. The lowest BCUT2D eigenvalue weighted by molar-refractivity contribution is -0.121. The molecule has 0 aliphatic rings. The minimum absolute atomic E-state index is 0.00741. The van der Waals surface area contributed by atoms with Crippen molar-refractivity contribution in [2.24, 2.45) is 5.84 Å². The van der Waals surface area contributed by atoms with Gasteiger partial charge in [-0.15, -0.1) is 0 Å². The van der Waals surface area contributed by atoms with Crippen LogP contribution in [0.1, 0.15) is 5.76 Å². The van der Waals surface area contributed by atoms with E-state index in [4.69, 9.17) is 33.5 Å². The van der Waals surface area contributed by atoms with Crippen LogP contribution in [-0.2, 0) is 21.4 Å². The third-order valence-electron chi connectivity index (χ3n) is 2.90. The predicted molar refractivity (Wildman–Crippen MR) is 85.1 cm³/mol. The van der Waals surface area contributed by atoms with Crippen LogP contribution in [0.4, 0.5) is 0 Å². The van der Waals surface area contributed by atoms with Crippen molar-refractivity contribution in [1.82, 2.24) is 9.73 Å². The zero-order valence-electron chi connectivity index (χ0n) is 11.7. The van der Waals surface area contributed by atoms with Crippen LogP contribution in [0.15, 0.2) is 45.9 Å². The molecule has 1 amide bonds. The number of carbonyl (C=O) groups excluding carboxylic acids is 1. The first kappa shape index (κ1) is 17.8. The average Bonchev–Trinajstić information content (AvgIpc) is 3.01. The van der Waals surface area contributed by atoms with Crippen molar-refractivity contribution in [2.75, 3.05) is 6.54 Å². The maximum absolute atomic E-state index is 12.8. The van der Waals surface area contributed by atoms with Crippen molar-refractivity contribution >= 4 is 39.1 Å². The topological polar surface area (TPSA) is 106 Å². The summed E-state index contributed by atoms with van der Waals surface area (Å²) in [4.78, 5) is 11.3. The number of hydrogen-bond acceptors (Lipinski definition) is 5. The van der Waals surface area contributed by atoms with Crippen molar-refractivity contribution in [2.45, 2.75) is 11.4 Å². The number of sulfonamides is 1. The highest BCUT2D eigenvalue weighted by molar-refractivity contribution is 7.89. The van der Waals surface area contributed by atoms with E-state index < -0.39 is 22.5 Å². The fraction of sp³-hybridized carbons (Fsp3) is 0.154. The molecule has 0 aliphatic carbocycles. The molecule has 10 heteroatoms. The monoisotopic (exact) mass is 377 g/mol. The minimum Gasteiger partial charge on any atom is -0.468 e. The molecule has 0 fully saturated rings. The number of hydrazine groups is 1. The second-order valence-electron chi connectivity index (χ2n) is 4.49. The first-order valence-electron chi connectivity index (χ1n) is 6.31. The average molecular weight is 378 g/mol. The van der Waals surface area contributed by atoms with Gasteiger partial charge in [-0.25, -0.2) is 14.3 Å². The van der Waals surface area contributed by atoms with E-state index in [9.17, 15) is 13.2 Å². The molecule has 0 saturated heterocycles. The summed E-state index contributed by atoms with van der Waals surface area (Å²) < 4.78 is 31.6. The Labute approximate surface area is 143 Å². The van der Waals surface area contributed by atoms with E-state index in [-0.39, 0.29) is 21.5 Å². The summed E-state index contributed by atoms with van der Waals surface area (Å²) >= 11 is 11.8. The van der Waals surface area contributed by atoms with E-state index in [1.54, 1.807) is 12.1 Å². The van der Waals surface area contributed by atoms with Gasteiger partial charge in [-0.2, -0.15) is 4.31 Å². The van der Waals surface area contributed by atoms with E-state index in [2.05, 4.69) is 0 Å². The maximum Gasteiger partial charge on any atom is 0.249 e. The molecule has 1 heterocycles. The lowest BCUT2D eigenvalue weighted by Crippen LogP contribution is -2.42. The Morgan fingerprint density at radius 3 is 2.65 bits per heavy atom. The molecular weight excluding hydrogens is 365 g/mol. The third kappa shape index (κ3) is 4.24. The second-order valence-corrected chi connectivity index (χ2v) is 7.24. The van der Waals surface area contributed by atoms with Crippen molar-refractivity contribution in [3.05, 3.63) is 52.4 Å². The molecule has 3 N–H and O–H groups in total. The van der Waals surface area contributed by atoms with Crippen LogP contribution in [0.5, 0.6) is 0 Å². The number of benzene rings is 1. The van der Waals surface area contributed by atoms with Gasteiger partial charge < -0.3 is 4.42 Å². The molecule has 2 aromatic rings. The lowest BCUT2D eigenvalue weighted by Gasteiger charge is -2.21. The molecule has 0 spiro atoms. The summed E-state index contributed by atoms with van der Waals surface area (Å²) in [6.45, 7) is -0.659. The van der Waals surface area contributed by atoms with Gasteiger partial charge in [0.15, 0.2) is 0 Å². The summed E-state index contributed by atoms with van der Waals surface area (Å²) in [6, 6.07) is 7.24. The number of furan rings is 1. The molecule has 124 valence electrons. The van der Waals surface area contributed by atoms with E-state index in [0.29, 0.717) is 5.76 Å². The molecule has 1 aromatic heterocycles. The number of nitrogens with zero attached hydrogens (tertiary/aromatic N) is 1. The maximum atomic E-state index is 12.8. The molecule has 23 heavy (non-hydrogen) atoms. The highest BCUT2D eigenvalue weighted by Gasteiger charge is 2.29. The molecular formula is C13H13Cl2N3O4S. The largest absolute Gasteiger partial charge is 0.468 e. The van der Waals surface area contributed by atoms with Gasteiger partial charge in [-0.3, -0.25) is 10.2 Å². The molecule has 0 saturated carbocycles. The summed E-state index contributed by atoms with van der Waals surface area (Å²) in [5, 5.41) is 0.196. The van der Waals surface area contributed by atoms with Crippen LogP contribution in [0.25, 0.3) is 0 Å². The zero-order valence-corrected chi connectivity index (χ0v) is 14.0. The standard InChI is InChI=1S/C13H13Cl2N3O4S/c14-9-3-4-11(15)12(6-9)23(20,21)18(8-13(19)17-16)7-10-2-1-5-22-10/h1-6H,7-8,16H2,(H,17,19). The third-order valence-corrected chi connectivity index (χ3v) is 5.41. The SMILES string of the molecule is NNC(=O)CN(Cc1ccco1)S(=O)(=O)c1cc(Cl)ccc1Cl. The Kier molecular flexibility index (Phi) is 5.66. The number of nitrogens with one attached hydrogen (secondary N) is 1. The van der Waals surface area contributed by atoms with Crippen LogP contribution >= 0.6 is 23.2 Å². The molecule has 0 aliphatic heterocycles. The molecule has 0 radical (unpaired) electrons. The van der Waals surface area contributed by atoms with E-state index in [1.807, 2.05) is 5.43 Å². The normalized spacial score (nSPS) is 11.7. The predicted octanol–water partition coefficient (Wildman–Crippen LogP) is 1.77. The fourth-order valence-corrected chi connectivity index (χ4v) is 3.92. The van der Waals surface area contributed by atoms with Crippen LogP contribution in [0.2, 0.25) is 10.0 Å². The number of amides is 1. The minimum atomic E-state index is -4.09. The van der Waals surface area contributed by atoms with Gasteiger partial charge in [0, 0.05) is 5.02 Å². The highest BCUT2D eigenvalue weighted by Crippen LogP contribution is 2.28. The zero-order chi connectivity index (χ0) is 17.0. The van der Waals surface area contributed by atoms with Gasteiger partial charge in [-0.1, -0.05) is 23.2 Å². The number of halogens is 2. The van der Waals surface area contributed by atoms with Crippen LogP contribution < -0.4 is 11.3 Å². The Balaban J connectivity index is 2.43. The quantitative estimate of drug-likeness (QED) is 0.453. The van der Waals surface area contributed by atoms with Gasteiger partial charge in [0.1, 0.15) is 10.7 Å². The first-order chi connectivity index (χ1) is 10.8. The Hall–Kier alpha value is -1.58. The van der Waals surface area contributed by atoms with Gasteiger partial charge >= 0.3 is 0 Å². The van der Waals surface area contributed by atoms with Crippen LogP contribution in [-0.4, -0.2) is 25.2 Å². The summed E-state index contributed by atoms with van der Waals surface area (Å²) in [7, 11) is -4.09. The van der Waals surface area contributed by atoms with Gasteiger partial charge in [0.05, 0.1) is 24.4 Å². The van der Waals surface area contributed by atoms with E-state index >= 15 is 0 Å². The van der Waals surface area contributed by atoms with Crippen molar-refractivity contribution in [1.29, 1.82) is 0 Å². The summed E-state index contributed by atoms with van der Waals surface area (Å²) in [5.74, 6) is 4.71. The number of hydrogen-bond donors (Lipinski definition) is 2. The van der Waals surface area contributed by atoms with E-state index in [0.717, 1.165) is 4.31 Å². The lowest BCUT2D eigenvalue weighted by atomic mass is 10.4. The fourth-order valence-electron chi connectivity index (χ4n) is 1.82. The molecule has 0 bridgehead atoms. The molecule has 7 nitrogen and oxygen atoms in total. The van der Waals surface area contributed by atoms with Gasteiger partial charge in [0.2, 0.25) is 15.9 Å². The second kappa shape index (κ2) is 7.33. The van der Waals surface area contributed by atoms with Crippen LogP contribution in [0.3, 0.4) is 0 Å². The molecule has 2 rings (SSSR count). The van der Waals surface area contributed by atoms with Crippen molar-refractivity contribution in [3.63, 3.8) is 0 Å². The molecule has 0 atom stereocenters. The Morgan fingerprint density at radius 1 is 1.30 bits per heavy atom. The van der Waals surface area contributed by atoms with Gasteiger partial charge in [-0.05, 0) is 30.3 Å². The van der Waals surface area contributed by atoms with Crippen molar-refractivity contribution in [3.8, 4) is 0 Å². The first-order valence-corrected chi connectivity index (χ1v) is 8.51. The summed E-state index contributed by atoms with van der Waals surface area (Å²) in [6.07, 6.45) is 1.40. The van der Waals surface area contributed by atoms with Crippen molar-refractivity contribution < 1.29 is 17.6 Å². The van der Waals surface area contributed by atoms with Crippen LogP contribution in [0, 0.1) is 0 Å². The summed E-state index contributed by atoms with van der Waals surface area (Å²) in [5.41, 5.74) is 1.89. The number of rotatable bonds is 6. The highest BCUT2D eigenvalue weighted by atomic mass is 35.5. The van der Waals surface area contributed by atoms with E-state index in [1.165, 1.54) is 24.5 Å². The van der Waals surface area contributed by atoms with Gasteiger partial charge in [0.25, 0.3) is 0 Å². The smallest absolute Gasteiger partial charge is 0.249 e. The Bertz CT molecular complexity index is 794. The Morgan fingerprint density at radius 2 is 2.04 bits per heavy atom.